The number of fused-ring (bicyclic) bond motifs is 1. The zero-order valence-electron chi connectivity index (χ0n) is 18.7. The lowest BCUT2D eigenvalue weighted by atomic mass is 9.72. The molecule has 3 heterocycles. The average molecular weight is 473 g/mol. The van der Waals surface area contributed by atoms with E-state index in [9.17, 15) is 25.2 Å². The number of ether oxygens (including phenoxy) is 4. The van der Waals surface area contributed by atoms with Crippen molar-refractivity contribution < 1.29 is 44.2 Å². The van der Waals surface area contributed by atoms with Crippen molar-refractivity contribution in [3.63, 3.8) is 0 Å². The van der Waals surface area contributed by atoms with Gasteiger partial charge >= 0.3 is 0 Å². The van der Waals surface area contributed by atoms with Gasteiger partial charge in [-0.15, -0.1) is 0 Å². The molecule has 34 heavy (non-hydrogen) atoms. The molecule has 1 saturated heterocycles. The van der Waals surface area contributed by atoms with Gasteiger partial charge in [0.25, 0.3) is 5.91 Å². The molecule has 5 rings (SSSR count). The van der Waals surface area contributed by atoms with Gasteiger partial charge in [-0.2, -0.15) is 0 Å². The first-order chi connectivity index (χ1) is 16.3. The van der Waals surface area contributed by atoms with Crippen molar-refractivity contribution >= 4 is 12.0 Å². The highest BCUT2D eigenvalue weighted by Crippen LogP contribution is 2.53. The van der Waals surface area contributed by atoms with Crippen molar-refractivity contribution in [3.8, 4) is 11.5 Å². The van der Waals surface area contributed by atoms with E-state index in [-0.39, 0.29) is 17.8 Å². The Morgan fingerprint density at radius 3 is 2.62 bits per heavy atom. The SMILES string of the molecule is COc1cc2c(cc1O[C@@H]1O[C@H](CO)[C@@H](O)[C@H](O)[C@H]1O)C=CN1C(=O)C=C3C=C[C@H](OC)C[C@]321. The van der Waals surface area contributed by atoms with Crippen LogP contribution < -0.4 is 9.47 Å². The Bertz CT molecular complexity index is 1080. The molecule has 10 heteroatoms. The van der Waals surface area contributed by atoms with Gasteiger partial charge in [-0.1, -0.05) is 12.2 Å². The Hall–Kier alpha value is -2.73. The molecule has 1 fully saturated rings. The Morgan fingerprint density at radius 1 is 1.12 bits per heavy atom. The molecule has 4 aliphatic rings. The monoisotopic (exact) mass is 473 g/mol. The van der Waals surface area contributed by atoms with E-state index in [1.165, 1.54) is 7.11 Å². The third-order valence-electron chi connectivity index (χ3n) is 6.97. The first kappa shape index (κ1) is 23.0. The molecule has 1 aromatic rings. The number of amides is 1. The van der Waals surface area contributed by atoms with Gasteiger partial charge in [0.2, 0.25) is 6.29 Å². The molecule has 1 amide bonds. The Balaban J connectivity index is 1.54. The number of rotatable bonds is 5. The summed E-state index contributed by atoms with van der Waals surface area (Å²) in [6.45, 7) is -0.565. The fourth-order valence-electron chi connectivity index (χ4n) is 5.15. The van der Waals surface area contributed by atoms with E-state index in [2.05, 4.69) is 0 Å². The van der Waals surface area contributed by atoms with Crippen LogP contribution in [0.5, 0.6) is 11.5 Å². The van der Waals surface area contributed by atoms with Crippen LogP contribution in [0, 0.1) is 0 Å². The molecule has 0 unspecified atom stereocenters. The predicted molar refractivity (Wildman–Crippen MR) is 118 cm³/mol. The van der Waals surface area contributed by atoms with Crippen LogP contribution >= 0.6 is 0 Å². The standard InChI is InChI=1S/C24H27NO9/c1-31-14-4-3-13-8-19(27)25-6-5-12-7-17(16(32-2)9-15(12)24(13,25)10-14)33-23-22(30)21(29)20(28)18(11-26)34-23/h3-9,14,18,20-23,26,28-30H,10-11H2,1-2H3/t14-,18+,20+,21-,22+,23+,24-/m0/s1. The molecule has 1 aromatic carbocycles. The van der Waals surface area contributed by atoms with Crippen LogP contribution in [0.4, 0.5) is 0 Å². The van der Waals surface area contributed by atoms with Gasteiger partial charge in [0.05, 0.1) is 19.8 Å². The molecule has 0 bridgehead atoms. The van der Waals surface area contributed by atoms with Gasteiger partial charge < -0.3 is 44.3 Å². The number of nitrogens with zero attached hydrogens (tertiary/aromatic N) is 1. The molecule has 4 N–H and O–H groups in total. The van der Waals surface area contributed by atoms with Crippen LogP contribution in [0.15, 0.2) is 42.1 Å². The molecule has 1 aliphatic carbocycles. The first-order valence-corrected chi connectivity index (χ1v) is 11.0. The fourth-order valence-corrected chi connectivity index (χ4v) is 5.15. The maximum Gasteiger partial charge on any atom is 0.251 e. The second-order valence-corrected chi connectivity index (χ2v) is 8.73. The minimum absolute atomic E-state index is 0.126. The molecule has 7 atom stereocenters. The largest absolute Gasteiger partial charge is 0.493 e. The third kappa shape index (κ3) is 3.29. The van der Waals surface area contributed by atoms with Gasteiger partial charge in [-0.05, 0) is 34.9 Å². The topological polar surface area (TPSA) is 138 Å². The lowest BCUT2D eigenvalue weighted by molar-refractivity contribution is -0.277. The molecule has 0 radical (unpaired) electrons. The van der Waals surface area contributed by atoms with Gasteiger partial charge in [0.15, 0.2) is 11.5 Å². The normalized spacial score (nSPS) is 36.0. The second kappa shape index (κ2) is 8.49. The van der Waals surface area contributed by atoms with E-state index in [4.69, 9.17) is 18.9 Å². The van der Waals surface area contributed by atoms with Crippen LogP contribution in [0.1, 0.15) is 17.5 Å². The zero-order chi connectivity index (χ0) is 24.2. The maximum absolute atomic E-state index is 12.8. The number of aliphatic hydroxyl groups excluding tert-OH is 4. The first-order valence-electron chi connectivity index (χ1n) is 11.0. The van der Waals surface area contributed by atoms with Crippen LogP contribution in [0.25, 0.3) is 6.08 Å². The number of benzene rings is 1. The molecular formula is C24H27NO9. The lowest BCUT2D eigenvalue weighted by Crippen LogP contribution is -2.60. The molecule has 182 valence electrons. The van der Waals surface area contributed by atoms with E-state index < -0.39 is 42.9 Å². The van der Waals surface area contributed by atoms with Crippen molar-refractivity contribution in [2.45, 2.75) is 48.8 Å². The highest BCUT2D eigenvalue weighted by atomic mass is 16.7. The van der Waals surface area contributed by atoms with E-state index in [0.29, 0.717) is 12.2 Å². The highest BCUT2D eigenvalue weighted by Gasteiger charge is 2.52. The summed E-state index contributed by atoms with van der Waals surface area (Å²) in [4.78, 5) is 14.5. The number of aliphatic hydroxyl groups is 4. The van der Waals surface area contributed by atoms with Crippen molar-refractivity contribution in [2.24, 2.45) is 0 Å². The summed E-state index contributed by atoms with van der Waals surface area (Å²) >= 11 is 0. The number of carbonyl (C=O) groups excluding carboxylic acids is 1. The number of hydrogen-bond donors (Lipinski definition) is 4. The van der Waals surface area contributed by atoms with Crippen LogP contribution in [-0.4, -0.2) is 88.9 Å². The van der Waals surface area contributed by atoms with E-state index >= 15 is 0 Å². The summed E-state index contributed by atoms with van der Waals surface area (Å²) in [5.41, 5.74) is 1.69. The summed E-state index contributed by atoms with van der Waals surface area (Å²) in [6.07, 6.45) is 2.22. The Kier molecular flexibility index (Phi) is 5.75. The molecule has 10 nitrogen and oxygen atoms in total. The Labute approximate surface area is 195 Å². The van der Waals surface area contributed by atoms with Gasteiger partial charge in [0, 0.05) is 25.8 Å². The minimum Gasteiger partial charge on any atom is -0.493 e. The minimum atomic E-state index is -1.57. The maximum atomic E-state index is 12.8. The summed E-state index contributed by atoms with van der Waals surface area (Å²) in [5, 5.41) is 39.9. The molecular weight excluding hydrogens is 446 g/mol. The number of hydrogen-bond acceptors (Lipinski definition) is 9. The van der Waals surface area contributed by atoms with E-state index in [1.807, 2.05) is 12.2 Å². The van der Waals surface area contributed by atoms with Gasteiger partial charge in [-0.25, -0.2) is 0 Å². The fraction of sp³-hybridized carbons (Fsp3) is 0.458. The van der Waals surface area contributed by atoms with E-state index in [1.54, 1.807) is 42.5 Å². The summed E-state index contributed by atoms with van der Waals surface area (Å²) < 4.78 is 22.5. The van der Waals surface area contributed by atoms with Crippen LogP contribution in [-0.2, 0) is 19.8 Å². The van der Waals surface area contributed by atoms with Crippen molar-refractivity contribution in [1.29, 1.82) is 0 Å². The average Bonchev–Trinajstić information content (AvgIpc) is 3.15. The van der Waals surface area contributed by atoms with Crippen molar-refractivity contribution in [2.75, 3.05) is 20.8 Å². The third-order valence-corrected chi connectivity index (χ3v) is 6.97. The molecule has 1 spiro atoms. The van der Waals surface area contributed by atoms with Crippen molar-refractivity contribution in [1.82, 2.24) is 4.90 Å². The number of methoxy groups -OCH3 is 2. The van der Waals surface area contributed by atoms with Crippen molar-refractivity contribution in [3.05, 3.63) is 53.3 Å². The number of carbonyl (C=O) groups is 1. The smallest absolute Gasteiger partial charge is 0.251 e. The zero-order valence-corrected chi connectivity index (χ0v) is 18.7. The Morgan fingerprint density at radius 2 is 1.91 bits per heavy atom. The van der Waals surface area contributed by atoms with Crippen LogP contribution in [0.2, 0.25) is 0 Å². The highest BCUT2D eigenvalue weighted by molar-refractivity contribution is 5.97. The lowest BCUT2D eigenvalue weighted by Gasteiger charge is -2.45. The molecule has 0 aromatic heterocycles. The summed E-state index contributed by atoms with van der Waals surface area (Å²) in [5.74, 6) is 0.422. The van der Waals surface area contributed by atoms with E-state index in [0.717, 1.165) is 16.7 Å². The van der Waals surface area contributed by atoms with Gasteiger partial charge in [0.1, 0.15) is 30.0 Å². The summed E-state index contributed by atoms with van der Waals surface area (Å²) in [6, 6.07) is 3.49. The quantitative estimate of drug-likeness (QED) is 0.458. The second-order valence-electron chi connectivity index (χ2n) is 8.73. The molecule has 3 aliphatic heterocycles. The predicted octanol–water partition coefficient (Wildman–Crippen LogP) is -0.203. The van der Waals surface area contributed by atoms with Crippen LogP contribution in [0.3, 0.4) is 0 Å². The summed E-state index contributed by atoms with van der Waals surface area (Å²) in [7, 11) is 3.09. The van der Waals surface area contributed by atoms with Gasteiger partial charge in [-0.3, -0.25) is 4.79 Å². The molecule has 0 saturated carbocycles.